The molecular weight excluding hydrogens is 186 g/mol. The van der Waals surface area contributed by atoms with Crippen molar-refractivity contribution in [3.63, 3.8) is 0 Å². The molecule has 0 aliphatic heterocycles. The van der Waals surface area contributed by atoms with Crippen molar-refractivity contribution in [2.45, 2.75) is 26.7 Å². The second-order valence-corrected chi connectivity index (χ2v) is 4.28. The predicted molar refractivity (Wildman–Crippen MR) is 63.1 cm³/mol. The zero-order valence-corrected chi connectivity index (χ0v) is 9.66. The summed E-state index contributed by atoms with van der Waals surface area (Å²) in [6.07, 6.45) is 0. The van der Waals surface area contributed by atoms with Crippen molar-refractivity contribution in [1.29, 1.82) is 0 Å². The summed E-state index contributed by atoms with van der Waals surface area (Å²) >= 11 is 0. The number of carbonyl (C=O) groups is 1. The van der Waals surface area contributed by atoms with Crippen LogP contribution in [0.3, 0.4) is 0 Å². The Morgan fingerprint density at radius 3 is 2.13 bits per heavy atom. The Hall–Kier alpha value is -1.15. The highest BCUT2D eigenvalue weighted by Gasteiger charge is 2.10. The van der Waals surface area contributed by atoms with Crippen molar-refractivity contribution in [3.05, 3.63) is 35.4 Å². The van der Waals surface area contributed by atoms with E-state index in [1.54, 1.807) is 0 Å². The average Bonchev–Trinajstić information content (AvgIpc) is 2.27. The van der Waals surface area contributed by atoms with Crippen molar-refractivity contribution >= 4 is 5.78 Å². The average molecular weight is 205 g/mol. The van der Waals surface area contributed by atoms with Crippen LogP contribution in [0.1, 0.15) is 42.6 Å². The molecule has 2 heteroatoms. The molecule has 1 rings (SSSR count). The summed E-state index contributed by atoms with van der Waals surface area (Å²) in [5.74, 6) is 0.609. The van der Waals surface area contributed by atoms with Crippen molar-refractivity contribution in [2.75, 3.05) is 6.54 Å². The maximum Gasteiger partial charge on any atom is 0.165 e. The van der Waals surface area contributed by atoms with Gasteiger partial charge in [0.1, 0.15) is 0 Å². The molecule has 2 N–H and O–H groups in total. The van der Waals surface area contributed by atoms with E-state index in [1.165, 1.54) is 5.56 Å². The standard InChI is InChI=1S/C13H19NO/c1-9(2)13(15)12-6-4-11(5-7-12)10(3)8-14/h4-7,9-10H,8,14H2,1-3H3. The molecule has 0 saturated carbocycles. The van der Waals surface area contributed by atoms with Crippen LogP contribution in [-0.4, -0.2) is 12.3 Å². The maximum atomic E-state index is 11.7. The van der Waals surface area contributed by atoms with E-state index in [4.69, 9.17) is 5.73 Å². The molecule has 1 unspecified atom stereocenters. The van der Waals surface area contributed by atoms with Gasteiger partial charge in [0.15, 0.2) is 5.78 Å². The lowest BCUT2D eigenvalue weighted by atomic mass is 9.96. The molecule has 0 aromatic heterocycles. The third kappa shape index (κ3) is 2.90. The van der Waals surface area contributed by atoms with Crippen LogP contribution in [0.2, 0.25) is 0 Å². The van der Waals surface area contributed by atoms with Crippen molar-refractivity contribution < 1.29 is 4.79 Å². The summed E-state index contributed by atoms with van der Waals surface area (Å²) in [5.41, 5.74) is 7.57. The summed E-state index contributed by atoms with van der Waals surface area (Å²) in [6.45, 7) is 6.55. The van der Waals surface area contributed by atoms with Gasteiger partial charge in [-0.05, 0) is 18.0 Å². The van der Waals surface area contributed by atoms with Crippen LogP contribution in [0.5, 0.6) is 0 Å². The fourth-order valence-electron chi connectivity index (χ4n) is 1.45. The quantitative estimate of drug-likeness (QED) is 0.768. The van der Waals surface area contributed by atoms with E-state index >= 15 is 0 Å². The van der Waals surface area contributed by atoms with Gasteiger partial charge in [-0.3, -0.25) is 4.79 Å². The van der Waals surface area contributed by atoms with E-state index in [2.05, 4.69) is 6.92 Å². The minimum absolute atomic E-state index is 0.0581. The van der Waals surface area contributed by atoms with Gasteiger partial charge in [-0.25, -0.2) is 0 Å². The predicted octanol–water partition coefficient (Wildman–Crippen LogP) is 2.59. The van der Waals surface area contributed by atoms with Gasteiger partial charge in [0.05, 0.1) is 0 Å². The Balaban J connectivity index is 2.85. The molecule has 0 bridgehead atoms. The summed E-state index contributed by atoms with van der Waals surface area (Å²) in [7, 11) is 0. The lowest BCUT2D eigenvalue weighted by molar-refractivity contribution is 0.0939. The monoisotopic (exact) mass is 205 g/mol. The van der Waals surface area contributed by atoms with Crippen LogP contribution in [0.25, 0.3) is 0 Å². The third-order valence-corrected chi connectivity index (χ3v) is 2.64. The van der Waals surface area contributed by atoms with E-state index in [0.717, 1.165) is 5.56 Å². The van der Waals surface area contributed by atoms with Crippen LogP contribution in [0, 0.1) is 5.92 Å². The van der Waals surface area contributed by atoms with Crippen LogP contribution in [0.4, 0.5) is 0 Å². The molecule has 82 valence electrons. The molecule has 1 aromatic rings. The number of ketones is 1. The van der Waals surface area contributed by atoms with Crippen molar-refractivity contribution in [3.8, 4) is 0 Å². The summed E-state index contributed by atoms with van der Waals surface area (Å²) < 4.78 is 0. The highest BCUT2D eigenvalue weighted by molar-refractivity contribution is 5.97. The molecule has 0 amide bonds. The summed E-state index contributed by atoms with van der Waals surface area (Å²) in [4.78, 5) is 11.7. The Morgan fingerprint density at radius 1 is 1.20 bits per heavy atom. The van der Waals surface area contributed by atoms with Gasteiger partial charge in [-0.1, -0.05) is 45.0 Å². The van der Waals surface area contributed by atoms with Crippen molar-refractivity contribution in [2.24, 2.45) is 11.7 Å². The smallest absolute Gasteiger partial charge is 0.165 e. The highest BCUT2D eigenvalue weighted by Crippen LogP contribution is 2.16. The van der Waals surface area contributed by atoms with Gasteiger partial charge in [0.2, 0.25) is 0 Å². The molecule has 0 spiro atoms. The maximum absolute atomic E-state index is 11.7. The first-order valence-corrected chi connectivity index (χ1v) is 5.40. The summed E-state index contributed by atoms with van der Waals surface area (Å²) in [5, 5.41) is 0. The van der Waals surface area contributed by atoms with Gasteiger partial charge in [-0.2, -0.15) is 0 Å². The molecule has 1 atom stereocenters. The molecule has 0 aliphatic rings. The third-order valence-electron chi connectivity index (χ3n) is 2.64. The topological polar surface area (TPSA) is 43.1 Å². The first-order valence-electron chi connectivity index (χ1n) is 5.40. The zero-order valence-electron chi connectivity index (χ0n) is 9.66. The van der Waals surface area contributed by atoms with Crippen LogP contribution in [0.15, 0.2) is 24.3 Å². The van der Waals surface area contributed by atoms with E-state index in [-0.39, 0.29) is 11.7 Å². The number of Topliss-reactive ketones (excluding diaryl/α,β-unsaturated/α-hetero) is 1. The lowest BCUT2D eigenvalue weighted by Crippen LogP contribution is -2.10. The van der Waals surface area contributed by atoms with Crippen LogP contribution in [-0.2, 0) is 0 Å². The molecule has 1 aromatic carbocycles. The van der Waals surface area contributed by atoms with E-state index in [1.807, 2.05) is 38.1 Å². The Kier molecular flexibility index (Phi) is 4.04. The first-order chi connectivity index (χ1) is 7.06. The van der Waals surface area contributed by atoms with Crippen molar-refractivity contribution in [1.82, 2.24) is 0 Å². The SMILES string of the molecule is CC(C)C(=O)c1ccc(C(C)CN)cc1. The Bertz CT molecular complexity index is 327. The normalized spacial score (nSPS) is 12.9. The molecule has 2 nitrogen and oxygen atoms in total. The number of carbonyl (C=O) groups excluding carboxylic acids is 1. The van der Waals surface area contributed by atoms with E-state index in [9.17, 15) is 4.79 Å². The largest absolute Gasteiger partial charge is 0.330 e. The van der Waals surface area contributed by atoms with Crippen LogP contribution < -0.4 is 5.73 Å². The van der Waals surface area contributed by atoms with Crippen LogP contribution >= 0.6 is 0 Å². The number of hydrogen-bond acceptors (Lipinski definition) is 2. The van der Waals surface area contributed by atoms with Gasteiger partial charge >= 0.3 is 0 Å². The second-order valence-electron chi connectivity index (χ2n) is 4.28. The highest BCUT2D eigenvalue weighted by atomic mass is 16.1. The minimum Gasteiger partial charge on any atom is -0.330 e. The first kappa shape index (κ1) is 11.9. The Labute approximate surface area is 91.5 Å². The fraction of sp³-hybridized carbons (Fsp3) is 0.462. The molecule has 0 saturated heterocycles. The van der Waals surface area contributed by atoms with Gasteiger partial charge < -0.3 is 5.73 Å². The lowest BCUT2D eigenvalue weighted by Gasteiger charge is -2.10. The van der Waals surface area contributed by atoms with E-state index < -0.39 is 0 Å². The summed E-state index contributed by atoms with van der Waals surface area (Å²) in [6, 6.07) is 7.77. The second kappa shape index (κ2) is 5.08. The molecule has 0 radical (unpaired) electrons. The molecule has 15 heavy (non-hydrogen) atoms. The number of hydrogen-bond donors (Lipinski definition) is 1. The van der Waals surface area contributed by atoms with Gasteiger partial charge in [-0.15, -0.1) is 0 Å². The molecule has 0 heterocycles. The van der Waals surface area contributed by atoms with Gasteiger partial charge in [0, 0.05) is 11.5 Å². The number of rotatable bonds is 4. The molecular formula is C13H19NO. The number of benzene rings is 1. The zero-order chi connectivity index (χ0) is 11.4. The fourth-order valence-corrected chi connectivity index (χ4v) is 1.45. The number of nitrogens with two attached hydrogens (primary N) is 1. The van der Waals surface area contributed by atoms with E-state index in [0.29, 0.717) is 12.5 Å². The van der Waals surface area contributed by atoms with Gasteiger partial charge in [0.25, 0.3) is 0 Å². The molecule has 0 aliphatic carbocycles. The minimum atomic E-state index is 0.0581. The Morgan fingerprint density at radius 2 is 1.73 bits per heavy atom. The molecule has 0 fully saturated rings.